The van der Waals surface area contributed by atoms with Gasteiger partial charge in [0.05, 0.1) is 13.2 Å². The molecule has 2 saturated heterocycles. The second kappa shape index (κ2) is 7.73. The van der Waals surface area contributed by atoms with Gasteiger partial charge in [-0.05, 0) is 6.07 Å². The van der Waals surface area contributed by atoms with Crippen molar-refractivity contribution in [2.45, 2.75) is 56.8 Å². The Labute approximate surface area is 161 Å². The summed E-state index contributed by atoms with van der Waals surface area (Å²) in [5.74, 6) is 0.900. The molecule has 0 aromatic heterocycles. The van der Waals surface area contributed by atoms with Gasteiger partial charge in [-0.15, -0.1) is 0 Å². The molecule has 0 saturated carbocycles. The van der Waals surface area contributed by atoms with Crippen LogP contribution < -0.4 is 9.64 Å². The van der Waals surface area contributed by atoms with Gasteiger partial charge < -0.3 is 14.4 Å². The summed E-state index contributed by atoms with van der Waals surface area (Å²) in [4.78, 5) is 13.5. The van der Waals surface area contributed by atoms with Gasteiger partial charge in [0, 0.05) is 43.2 Å². The third-order valence-corrected chi connectivity index (χ3v) is 6.25. The Morgan fingerprint density at radius 1 is 1.07 bits per heavy atom. The Balaban J connectivity index is 1.65. The van der Waals surface area contributed by atoms with Crippen LogP contribution in [-0.2, 0) is 16.1 Å². The van der Waals surface area contributed by atoms with Crippen molar-refractivity contribution in [3.05, 3.63) is 65.7 Å². The quantitative estimate of drug-likeness (QED) is 0.827. The summed E-state index contributed by atoms with van der Waals surface area (Å²) in [6.45, 7) is 2.52. The first-order valence-electron chi connectivity index (χ1n) is 9.87. The van der Waals surface area contributed by atoms with Crippen molar-refractivity contribution in [2.24, 2.45) is 0 Å². The standard InChI is InChI=1S/C23H27NO3/c1-16(25)27-23-20(19-10-6-7-11-22(19)26-2)14-18-12-13-21(23)24(18)15-17-8-4-3-5-9-17/h3-11,18,20-21,23H,12-15H2,1-2H3/p+1/t18-,20+,21+,23+/m0/s1. The molecule has 1 unspecified atom stereocenters. The van der Waals surface area contributed by atoms with Crippen LogP contribution >= 0.6 is 0 Å². The van der Waals surface area contributed by atoms with Crippen molar-refractivity contribution in [1.82, 2.24) is 0 Å². The number of carbonyl (C=O) groups excluding carboxylic acids is 1. The number of esters is 1. The first kappa shape index (κ1) is 18.1. The van der Waals surface area contributed by atoms with Gasteiger partial charge >= 0.3 is 5.97 Å². The maximum Gasteiger partial charge on any atom is 0.303 e. The van der Waals surface area contributed by atoms with Crippen LogP contribution in [0.3, 0.4) is 0 Å². The predicted octanol–water partition coefficient (Wildman–Crippen LogP) is 2.73. The number of rotatable bonds is 5. The molecule has 2 aliphatic rings. The first-order valence-corrected chi connectivity index (χ1v) is 9.87. The molecule has 4 nitrogen and oxygen atoms in total. The fraction of sp³-hybridized carbons (Fsp3) is 0.435. The normalized spacial score (nSPS) is 29.3. The Kier molecular flexibility index (Phi) is 5.17. The van der Waals surface area contributed by atoms with Crippen LogP contribution in [0.25, 0.3) is 0 Å². The number of quaternary nitrogens is 1. The van der Waals surface area contributed by atoms with Gasteiger partial charge in [-0.2, -0.15) is 0 Å². The molecule has 0 spiro atoms. The predicted molar refractivity (Wildman–Crippen MR) is 104 cm³/mol. The molecule has 2 heterocycles. The Hall–Kier alpha value is -2.33. The van der Waals surface area contributed by atoms with E-state index in [1.54, 1.807) is 12.0 Å². The molecule has 142 valence electrons. The van der Waals surface area contributed by atoms with Crippen molar-refractivity contribution in [3.8, 4) is 5.75 Å². The highest BCUT2D eigenvalue weighted by atomic mass is 16.5. The Bertz CT molecular complexity index is 791. The monoisotopic (exact) mass is 366 g/mol. The van der Waals surface area contributed by atoms with E-state index in [-0.39, 0.29) is 18.0 Å². The summed E-state index contributed by atoms with van der Waals surface area (Å²) in [5, 5.41) is 0. The lowest BCUT2D eigenvalue weighted by Gasteiger charge is -2.41. The van der Waals surface area contributed by atoms with Crippen molar-refractivity contribution < 1.29 is 19.2 Å². The number of para-hydroxylation sites is 1. The molecular weight excluding hydrogens is 338 g/mol. The van der Waals surface area contributed by atoms with Crippen molar-refractivity contribution in [1.29, 1.82) is 0 Å². The average Bonchev–Trinajstić information content (AvgIpc) is 2.97. The Morgan fingerprint density at radius 2 is 1.81 bits per heavy atom. The van der Waals surface area contributed by atoms with Crippen LogP contribution in [0.2, 0.25) is 0 Å². The molecule has 0 radical (unpaired) electrons. The van der Waals surface area contributed by atoms with E-state index < -0.39 is 0 Å². The minimum atomic E-state index is -0.190. The van der Waals surface area contributed by atoms with Gasteiger partial charge in [0.25, 0.3) is 0 Å². The van der Waals surface area contributed by atoms with Gasteiger partial charge in [-0.25, -0.2) is 0 Å². The van der Waals surface area contributed by atoms with Gasteiger partial charge in [-0.3, -0.25) is 4.79 Å². The van der Waals surface area contributed by atoms with Crippen LogP contribution in [0.4, 0.5) is 0 Å². The van der Waals surface area contributed by atoms with E-state index in [0.29, 0.717) is 12.1 Å². The highest BCUT2D eigenvalue weighted by Crippen LogP contribution is 2.40. The SMILES string of the molecule is COc1ccccc1[C@H]1C[C@@H]2CC[C@H]([C@@H]1OC(C)=O)[NH+]2Cc1ccccc1. The fourth-order valence-electron chi connectivity index (χ4n) is 5.16. The molecule has 2 bridgehead atoms. The summed E-state index contributed by atoms with van der Waals surface area (Å²) >= 11 is 0. The van der Waals surface area contributed by atoms with Crippen LogP contribution in [0, 0.1) is 0 Å². The lowest BCUT2D eigenvalue weighted by atomic mass is 9.81. The van der Waals surface area contributed by atoms with E-state index in [1.165, 1.54) is 24.5 Å². The number of hydrogen-bond acceptors (Lipinski definition) is 3. The number of ether oxygens (including phenoxy) is 2. The number of hydrogen-bond donors (Lipinski definition) is 1. The maximum atomic E-state index is 11.9. The van der Waals surface area contributed by atoms with E-state index in [1.807, 2.05) is 18.2 Å². The van der Waals surface area contributed by atoms with Crippen molar-refractivity contribution >= 4 is 5.97 Å². The van der Waals surface area contributed by atoms with Gasteiger partial charge in [0.2, 0.25) is 0 Å². The minimum absolute atomic E-state index is 0.101. The van der Waals surface area contributed by atoms with Gasteiger partial charge in [-0.1, -0.05) is 48.5 Å². The summed E-state index contributed by atoms with van der Waals surface area (Å²) in [5.41, 5.74) is 2.52. The smallest absolute Gasteiger partial charge is 0.303 e. The van der Waals surface area contributed by atoms with Crippen LogP contribution in [-0.4, -0.2) is 31.3 Å². The molecular formula is C23H28NO3+. The molecule has 0 aliphatic carbocycles. The van der Waals surface area contributed by atoms with Crippen LogP contribution in [0.1, 0.15) is 43.2 Å². The van der Waals surface area contributed by atoms with Gasteiger partial charge in [0.15, 0.2) is 6.10 Å². The zero-order valence-electron chi connectivity index (χ0n) is 16.1. The van der Waals surface area contributed by atoms with E-state index in [2.05, 4.69) is 36.4 Å². The zero-order valence-corrected chi connectivity index (χ0v) is 16.1. The Morgan fingerprint density at radius 3 is 2.56 bits per heavy atom. The zero-order chi connectivity index (χ0) is 18.8. The van der Waals surface area contributed by atoms with E-state index in [4.69, 9.17) is 9.47 Å². The fourth-order valence-corrected chi connectivity index (χ4v) is 5.16. The van der Waals surface area contributed by atoms with E-state index in [9.17, 15) is 4.79 Å². The molecule has 2 aliphatic heterocycles. The second-order valence-corrected chi connectivity index (χ2v) is 7.78. The highest BCUT2D eigenvalue weighted by molar-refractivity contribution is 5.66. The minimum Gasteiger partial charge on any atom is -0.496 e. The first-order chi connectivity index (χ1) is 13.2. The number of benzene rings is 2. The van der Waals surface area contributed by atoms with E-state index >= 15 is 0 Å². The molecule has 27 heavy (non-hydrogen) atoms. The molecule has 2 aromatic carbocycles. The molecule has 0 amide bonds. The number of methoxy groups -OCH3 is 1. The lowest BCUT2D eigenvalue weighted by Crippen LogP contribution is -3.18. The van der Waals surface area contributed by atoms with Crippen molar-refractivity contribution in [3.63, 3.8) is 0 Å². The highest BCUT2D eigenvalue weighted by Gasteiger charge is 2.53. The summed E-state index contributed by atoms with van der Waals surface area (Å²) in [6, 6.07) is 19.7. The molecule has 5 atom stereocenters. The van der Waals surface area contributed by atoms with E-state index in [0.717, 1.165) is 25.1 Å². The van der Waals surface area contributed by atoms with Gasteiger partial charge in [0.1, 0.15) is 18.3 Å². The lowest BCUT2D eigenvalue weighted by molar-refractivity contribution is -0.958. The summed E-state index contributed by atoms with van der Waals surface area (Å²) < 4.78 is 11.6. The summed E-state index contributed by atoms with van der Waals surface area (Å²) in [6.07, 6.45) is 3.22. The topological polar surface area (TPSA) is 40.0 Å². The average molecular weight is 366 g/mol. The largest absolute Gasteiger partial charge is 0.496 e. The second-order valence-electron chi connectivity index (χ2n) is 7.78. The number of piperidine rings is 1. The molecule has 2 fully saturated rings. The molecule has 4 heteroatoms. The molecule has 2 aromatic rings. The number of nitrogens with one attached hydrogen (secondary N) is 1. The molecule has 4 rings (SSSR count). The summed E-state index contributed by atoms with van der Waals surface area (Å²) in [7, 11) is 1.71. The third kappa shape index (κ3) is 3.59. The van der Waals surface area contributed by atoms with Crippen LogP contribution in [0.15, 0.2) is 54.6 Å². The number of carbonyl (C=O) groups is 1. The number of fused-ring (bicyclic) bond motifs is 2. The van der Waals surface area contributed by atoms with Crippen LogP contribution in [0.5, 0.6) is 5.75 Å². The van der Waals surface area contributed by atoms with Crippen molar-refractivity contribution in [2.75, 3.05) is 7.11 Å². The molecule has 1 N–H and O–H groups in total. The maximum absolute atomic E-state index is 11.9. The third-order valence-electron chi connectivity index (χ3n) is 6.25.